The molecule has 0 spiro atoms. The average molecular weight is 244 g/mol. The van der Waals surface area contributed by atoms with Gasteiger partial charge in [-0.1, -0.05) is 6.58 Å². The molecular formula is C12H24O3Si. The van der Waals surface area contributed by atoms with E-state index < -0.39 is 8.32 Å². The topological polar surface area (TPSA) is 27.7 Å². The predicted octanol–water partition coefficient (Wildman–Crippen LogP) is 3.28. The highest BCUT2D eigenvalue weighted by Crippen LogP contribution is 2.16. The Balaban J connectivity index is 2.08. The lowest BCUT2D eigenvalue weighted by Gasteiger charge is -2.24. The molecule has 0 amide bonds. The van der Waals surface area contributed by atoms with E-state index in [1.54, 1.807) is 0 Å². The zero-order valence-corrected chi connectivity index (χ0v) is 11.8. The highest BCUT2D eigenvalue weighted by molar-refractivity contribution is 6.70. The monoisotopic (exact) mass is 244 g/mol. The predicted molar refractivity (Wildman–Crippen MR) is 67.7 cm³/mol. The fourth-order valence-corrected chi connectivity index (χ4v) is 2.60. The highest BCUT2D eigenvalue weighted by Gasteiger charge is 2.17. The Morgan fingerprint density at radius 2 is 2.12 bits per heavy atom. The Kier molecular flexibility index (Phi) is 5.51. The quantitative estimate of drug-likeness (QED) is 0.530. The standard InChI is InChI=1S/C12H24O3Si/c1-11(15-16(2,3)4)8-10-14-12-7-5-6-9-13-12/h12H,1,5-10H2,2-4H3. The third-order valence-corrected chi connectivity index (χ3v) is 3.17. The molecule has 1 saturated heterocycles. The maximum absolute atomic E-state index is 5.75. The average Bonchev–Trinajstić information content (AvgIpc) is 2.16. The van der Waals surface area contributed by atoms with E-state index in [0.717, 1.165) is 31.6 Å². The molecule has 16 heavy (non-hydrogen) atoms. The lowest BCUT2D eigenvalue weighted by molar-refractivity contribution is -0.162. The van der Waals surface area contributed by atoms with Crippen LogP contribution >= 0.6 is 0 Å². The smallest absolute Gasteiger partial charge is 0.241 e. The molecule has 1 fully saturated rings. The molecular weight excluding hydrogens is 220 g/mol. The molecule has 0 N–H and O–H groups in total. The second-order valence-electron chi connectivity index (χ2n) is 5.17. The van der Waals surface area contributed by atoms with Crippen molar-refractivity contribution in [1.29, 1.82) is 0 Å². The van der Waals surface area contributed by atoms with Crippen molar-refractivity contribution in [2.24, 2.45) is 0 Å². The summed E-state index contributed by atoms with van der Waals surface area (Å²) >= 11 is 0. The van der Waals surface area contributed by atoms with Crippen LogP contribution in [0, 0.1) is 0 Å². The minimum atomic E-state index is -1.50. The normalized spacial score (nSPS) is 21.8. The molecule has 0 aromatic rings. The zero-order valence-electron chi connectivity index (χ0n) is 10.8. The lowest BCUT2D eigenvalue weighted by atomic mass is 10.2. The van der Waals surface area contributed by atoms with Crippen molar-refractivity contribution >= 4 is 8.32 Å². The lowest BCUT2D eigenvalue weighted by Crippen LogP contribution is -2.26. The van der Waals surface area contributed by atoms with Crippen LogP contribution in [0.15, 0.2) is 12.3 Å². The summed E-state index contributed by atoms with van der Waals surface area (Å²) in [6.45, 7) is 11.9. The third kappa shape index (κ3) is 6.30. The van der Waals surface area contributed by atoms with Crippen LogP contribution in [0.2, 0.25) is 19.6 Å². The van der Waals surface area contributed by atoms with E-state index in [9.17, 15) is 0 Å². The molecule has 1 rings (SSSR count). The minimum Gasteiger partial charge on any atom is -0.548 e. The largest absolute Gasteiger partial charge is 0.548 e. The van der Waals surface area contributed by atoms with Crippen LogP contribution < -0.4 is 0 Å². The van der Waals surface area contributed by atoms with Gasteiger partial charge in [-0.25, -0.2) is 0 Å². The van der Waals surface area contributed by atoms with Crippen LogP contribution in [-0.4, -0.2) is 27.8 Å². The molecule has 0 aliphatic carbocycles. The van der Waals surface area contributed by atoms with Gasteiger partial charge in [-0.15, -0.1) is 0 Å². The minimum absolute atomic E-state index is 0.00608. The maximum atomic E-state index is 5.75. The Hall–Kier alpha value is -0.323. The van der Waals surface area contributed by atoms with Gasteiger partial charge in [-0.05, 0) is 38.9 Å². The molecule has 0 bridgehead atoms. The second kappa shape index (κ2) is 6.42. The van der Waals surface area contributed by atoms with Gasteiger partial charge in [0.2, 0.25) is 8.32 Å². The molecule has 0 aromatic carbocycles. The van der Waals surface area contributed by atoms with Crippen molar-refractivity contribution in [3.05, 3.63) is 12.3 Å². The van der Waals surface area contributed by atoms with Gasteiger partial charge < -0.3 is 13.9 Å². The van der Waals surface area contributed by atoms with Crippen LogP contribution in [0.5, 0.6) is 0 Å². The van der Waals surface area contributed by atoms with Gasteiger partial charge in [0.15, 0.2) is 6.29 Å². The zero-order chi connectivity index (χ0) is 12.0. The summed E-state index contributed by atoms with van der Waals surface area (Å²) in [4.78, 5) is 0. The molecule has 0 saturated carbocycles. The van der Waals surface area contributed by atoms with Crippen molar-refractivity contribution in [2.75, 3.05) is 13.2 Å². The number of rotatable bonds is 6. The van der Waals surface area contributed by atoms with E-state index in [1.165, 1.54) is 6.42 Å². The van der Waals surface area contributed by atoms with Gasteiger partial charge in [0.1, 0.15) is 0 Å². The van der Waals surface area contributed by atoms with Crippen LogP contribution in [0.25, 0.3) is 0 Å². The molecule has 0 radical (unpaired) electrons. The van der Waals surface area contributed by atoms with Crippen molar-refractivity contribution in [3.8, 4) is 0 Å². The summed E-state index contributed by atoms with van der Waals surface area (Å²) in [5, 5.41) is 0. The molecule has 1 atom stereocenters. The van der Waals surface area contributed by atoms with Gasteiger partial charge in [-0.2, -0.15) is 0 Å². The van der Waals surface area contributed by atoms with Crippen molar-refractivity contribution < 1.29 is 13.9 Å². The van der Waals surface area contributed by atoms with Crippen LogP contribution in [0.1, 0.15) is 25.7 Å². The Bertz CT molecular complexity index is 217. The van der Waals surface area contributed by atoms with E-state index in [0.29, 0.717) is 6.61 Å². The molecule has 4 heteroatoms. The van der Waals surface area contributed by atoms with E-state index in [-0.39, 0.29) is 6.29 Å². The van der Waals surface area contributed by atoms with E-state index >= 15 is 0 Å². The first-order chi connectivity index (χ1) is 7.47. The fourth-order valence-electron chi connectivity index (χ4n) is 1.63. The van der Waals surface area contributed by atoms with Gasteiger partial charge in [0, 0.05) is 13.0 Å². The first-order valence-electron chi connectivity index (χ1n) is 6.07. The van der Waals surface area contributed by atoms with Crippen LogP contribution in [0.4, 0.5) is 0 Å². The van der Waals surface area contributed by atoms with E-state index in [2.05, 4.69) is 26.2 Å². The fraction of sp³-hybridized carbons (Fsp3) is 0.833. The Morgan fingerprint density at radius 1 is 1.38 bits per heavy atom. The summed E-state index contributed by atoms with van der Waals surface area (Å²) < 4.78 is 16.8. The number of hydrogen-bond donors (Lipinski definition) is 0. The molecule has 1 aliphatic heterocycles. The van der Waals surface area contributed by atoms with Crippen LogP contribution in [0.3, 0.4) is 0 Å². The van der Waals surface area contributed by atoms with E-state index in [1.807, 2.05) is 0 Å². The summed E-state index contributed by atoms with van der Waals surface area (Å²) in [6.07, 6.45) is 4.14. The van der Waals surface area contributed by atoms with Gasteiger partial charge in [0.25, 0.3) is 0 Å². The van der Waals surface area contributed by atoms with Crippen molar-refractivity contribution in [2.45, 2.75) is 51.6 Å². The highest BCUT2D eigenvalue weighted by atomic mass is 28.4. The summed E-state index contributed by atoms with van der Waals surface area (Å²) in [5.74, 6) is 0.843. The molecule has 94 valence electrons. The number of hydrogen-bond acceptors (Lipinski definition) is 3. The third-order valence-electron chi connectivity index (χ3n) is 2.27. The van der Waals surface area contributed by atoms with E-state index in [4.69, 9.17) is 13.9 Å². The second-order valence-corrected chi connectivity index (χ2v) is 9.60. The molecule has 1 heterocycles. The van der Waals surface area contributed by atoms with Crippen molar-refractivity contribution in [3.63, 3.8) is 0 Å². The summed E-state index contributed by atoms with van der Waals surface area (Å²) in [6, 6.07) is 0. The first-order valence-corrected chi connectivity index (χ1v) is 9.48. The maximum Gasteiger partial charge on any atom is 0.241 e. The molecule has 1 aliphatic rings. The Labute approximate surface area is 99.9 Å². The van der Waals surface area contributed by atoms with Gasteiger partial charge in [0.05, 0.1) is 12.4 Å². The Morgan fingerprint density at radius 3 is 2.69 bits per heavy atom. The van der Waals surface area contributed by atoms with Gasteiger partial charge >= 0.3 is 0 Å². The van der Waals surface area contributed by atoms with Gasteiger partial charge in [-0.3, -0.25) is 0 Å². The SMILES string of the molecule is C=C(CCOC1CCCCO1)O[Si](C)(C)C. The summed E-state index contributed by atoms with van der Waals surface area (Å²) in [5.41, 5.74) is 0. The first kappa shape index (κ1) is 13.7. The number of ether oxygens (including phenoxy) is 2. The molecule has 1 unspecified atom stereocenters. The summed E-state index contributed by atoms with van der Waals surface area (Å²) in [7, 11) is -1.50. The van der Waals surface area contributed by atoms with Crippen molar-refractivity contribution in [1.82, 2.24) is 0 Å². The van der Waals surface area contributed by atoms with Crippen LogP contribution in [-0.2, 0) is 13.9 Å². The molecule has 3 nitrogen and oxygen atoms in total. The molecule has 0 aromatic heterocycles.